The Balaban J connectivity index is 2.40. The van der Waals surface area contributed by atoms with Gasteiger partial charge in [-0.2, -0.15) is 0 Å². The zero-order valence-corrected chi connectivity index (χ0v) is 12.3. The summed E-state index contributed by atoms with van der Waals surface area (Å²) < 4.78 is 15.1. The van der Waals surface area contributed by atoms with Gasteiger partial charge in [-0.25, -0.2) is 9.59 Å². The van der Waals surface area contributed by atoms with Gasteiger partial charge in [0.05, 0.1) is 13.7 Å². The number of fused-ring (bicyclic) bond motifs is 2. The SMILES string of the molecule is CCOC(=O)[C@]1(OC(C)=O)C[C@H]2C=C[C@@H]1N(C(=O)OC)C2. The van der Waals surface area contributed by atoms with Crippen molar-refractivity contribution in [3.05, 3.63) is 12.2 Å². The monoisotopic (exact) mass is 297 g/mol. The Bertz CT molecular complexity index is 488. The highest BCUT2D eigenvalue weighted by Crippen LogP contribution is 2.41. The first-order valence-corrected chi connectivity index (χ1v) is 6.84. The van der Waals surface area contributed by atoms with Gasteiger partial charge < -0.3 is 14.2 Å². The van der Waals surface area contributed by atoms with Crippen LogP contribution in [0.15, 0.2) is 12.2 Å². The Morgan fingerprint density at radius 1 is 1.33 bits per heavy atom. The molecule has 0 unspecified atom stereocenters. The smallest absolute Gasteiger partial charge is 0.410 e. The van der Waals surface area contributed by atoms with Gasteiger partial charge in [0.15, 0.2) is 0 Å². The molecule has 116 valence electrons. The minimum Gasteiger partial charge on any atom is -0.463 e. The molecular weight excluding hydrogens is 278 g/mol. The van der Waals surface area contributed by atoms with Gasteiger partial charge in [-0.3, -0.25) is 9.69 Å². The largest absolute Gasteiger partial charge is 0.463 e. The lowest BCUT2D eigenvalue weighted by molar-refractivity contribution is -0.195. The van der Waals surface area contributed by atoms with Crippen molar-refractivity contribution in [2.75, 3.05) is 20.3 Å². The third-order valence-corrected chi connectivity index (χ3v) is 3.73. The van der Waals surface area contributed by atoms with Crippen molar-refractivity contribution in [3.63, 3.8) is 0 Å². The lowest BCUT2D eigenvalue weighted by atomic mass is 9.74. The molecule has 3 atom stereocenters. The Labute approximate surface area is 122 Å². The van der Waals surface area contributed by atoms with Gasteiger partial charge in [0, 0.05) is 19.9 Å². The van der Waals surface area contributed by atoms with Crippen LogP contribution >= 0.6 is 0 Å². The molecule has 1 saturated heterocycles. The van der Waals surface area contributed by atoms with Crippen LogP contribution in [0.5, 0.6) is 0 Å². The summed E-state index contributed by atoms with van der Waals surface area (Å²) in [7, 11) is 1.27. The molecule has 1 amide bonds. The van der Waals surface area contributed by atoms with Crippen LogP contribution < -0.4 is 0 Å². The van der Waals surface area contributed by atoms with E-state index in [0.717, 1.165) is 0 Å². The third-order valence-electron chi connectivity index (χ3n) is 3.73. The summed E-state index contributed by atoms with van der Waals surface area (Å²) in [6, 6.07) is -0.710. The Morgan fingerprint density at radius 3 is 2.57 bits per heavy atom. The fourth-order valence-electron chi connectivity index (χ4n) is 3.01. The number of hydrogen-bond donors (Lipinski definition) is 0. The molecule has 3 rings (SSSR count). The first kappa shape index (κ1) is 15.3. The van der Waals surface area contributed by atoms with E-state index in [1.165, 1.54) is 18.9 Å². The predicted octanol–water partition coefficient (Wildman–Crippen LogP) is 0.878. The third kappa shape index (κ3) is 2.59. The number of piperidine rings is 1. The summed E-state index contributed by atoms with van der Waals surface area (Å²) in [6.45, 7) is 3.50. The number of nitrogens with zero attached hydrogens (tertiary/aromatic N) is 1. The normalized spacial score (nSPS) is 30.0. The summed E-state index contributed by atoms with van der Waals surface area (Å²) in [5.74, 6) is -1.31. The van der Waals surface area contributed by atoms with Crippen LogP contribution in [0, 0.1) is 5.92 Å². The average Bonchev–Trinajstić information content (AvgIpc) is 2.46. The molecule has 2 heterocycles. The Kier molecular flexibility index (Phi) is 4.20. The van der Waals surface area contributed by atoms with Crippen molar-refractivity contribution >= 4 is 18.0 Å². The fourth-order valence-corrected chi connectivity index (χ4v) is 3.01. The molecule has 1 fully saturated rings. The number of carbonyl (C=O) groups is 3. The van der Waals surface area contributed by atoms with E-state index < -0.39 is 29.7 Å². The van der Waals surface area contributed by atoms with E-state index in [2.05, 4.69) is 0 Å². The van der Waals surface area contributed by atoms with Gasteiger partial charge >= 0.3 is 18.0 Å². The van der Waals surface area contributed by atoms with Gasteiger partial charge in [0.25, 0.3) is 0 Å². The minimum atomic E-state index is -1.49. The first-order chi connectivity index (χ1) is 9.94. The van der Waals surface area contributed by atoms with Crippen molar-refractivity contribution < 1.29 is 28.6 Å². The molecule has 2 bridgehead atoms. The fraction of sp³-hybridized carbons (Fsp3) is 0.643. The molecule has 3 aliphatic rings. The van der Waals surface area contributed by atoms with E-state index in [4.69, 9.17) is 14.2 Å². The van der Waals surface area contributed by atoms with Crippen LogP contribution in [-0.4, -0.2) is 54.8 Å². The van der Waals surface area contributed by atoms with E-state index in [1.807, 2.05) is 6.08 Å². The van der Waals surface area contributed by atoms with Crippen LogP contribution in [-0.2, 0) is 23.8 Å². The molecule has 2 aliphatic heterocycles. The molecule has 7 heteroatoms. The van der Waals surface area contributed by atoms with E-state index >= 15 is 0 Å². The molecule has 0 aromatic rings. The molecule has 0 aromatic heterocycles. The number of hydrogen-bond acceptors (Lipinski definition) is 6. The zero-order chi connectivity index (χ0) is 15.6. The summed E-state index contributed by atoms with van der Waals surface area (Å²) in [5.41, 5.74) is -1.49. The van der Waals surface area contributed by atoms with Gasteiger partial charge in [0.2, 0.25) is 5.60 Å². The maximum atomic E-state index is 12.4. The van der Waals surface area contributed by atoms with Gasteiger partial charge in [0.1, 0.15) is 6.04 Å². The highest BCUT2D eigenvalue weighted by Gasteiger charge is 2.59. The van der Waals surface area contributed by atoms with E-state index in [9.17, 15) is 14.4 Å². The second-order valence-electron chi connectivity index (χ2n) is 5.12. The standard InChI is InChI=1S/C14H19NO6/c1-4-20-12(17)14(21-9(2)16)7-10-5-6-11(14)15(8-10)13(18)19-3/h5-6,10-11H,4,7-8H2,1-3H3/t10-,11+,14+/m1/s1. The van der Waals surface area contributed by atoms with Crippen LogP contribution in [0.25, 0.3) is 0 Å². The highest BCUT2D eigenvalue weighted by atomic mass is 16.6. The molecule has 1 aliphatic carbocycles. The van der Waals surface area contributed by atoms with Crippen LogP contribution in [0.2, 0.25) is 0 Å². The number of rotatable bonds is 3. The Morgan fingerprint density at radius 2 is 2.05 bits per heavy atom. The number of carbonyl (C=O) groups excluding carboxylic acids is 3. The molecule has 0 saturated carbocycles. The number of amides is 1. The first-order valence-electron chi connectivity index (χ1n) is 6.84. The molecule has 0 radical (unpaired) electrons. The van der Waals surface area contributed by atoms with Crippen molar-refractivity contribution in [2.45, 2.75) is 31.9 Å². The molecule has 0 N–H and O–H groups in total. The summed E-state index contributed by atoms with van der Waals surface area (Å²) in [6.07, 6.45) is 3.37. The molecular formula is C14H19NO6. The molecule has 21 heavy (non-hydrogen) atoms. The van der Waals surface area contributed by atoms with Gasteiger partial charge in [-0.15, -0.1) is 0 Å². The maximum Gasteiger partial charge on any atom is 0.410 e. The van der Waals surface area contributed by atoms with E-state index in [0.29, 0.717) is 13.0 Å². The average molecular weight is 297 g/mol. The van der Waals surface area contributed by atoms with Crippen molar-refractivity contribution in [2.24, 2.45) is 5.92 Å². The van der Waals surface area contributed by atoms with Crippen molar-refractivity contribution in [1.29, 1.82) is 0 Å². The van der Waals surface area contributed by atoms with Crippen LogP contribution in [0.1, 0.15) is 20.3 Å². The lowest BCUT2D eigenvalue weighted by Gasteiger charge is -2.50. The van der Waals surface area contributed by atoms with Gasteiger partial charge in [-0.1, -0.05) is 12.2 Å². The van der Waals surface area contributed by atoms with Crippen LogP contribution in [0.4, 0.5) is 4.79 Å². The number of esters is 2. The topological polar surface area (TPSA) is 82.1 Å². The Hall–Kier alpha value is -2.05. The molecule has 7 nitrogen and oxygen atoms in total. The molecule has 0 spiro atoms. The lowest BCUT2D eigenvalue weighted by Crippen LogP contribution is -2.67. The molecule has 0 aromatic carbocycles. The van der Waals surface area contributed by atoms with E-state index in [-0.39, 0.29) is 12.5 Å². The quantitative estimate of drug-likeness (QED) is 0.437. The summed E-state index contributed by atoms with van der Waals surface area (Å²) >= 11 is 0. The van der Waals surface area contributed by atoms with Crippen molar-refractivity contribution in [1.82, 2.24) is 4.90 Å². The number of ether oxygens (including phenoxy) is 3. The minimum absolute atomic E-state index is 0.0853. The highest BCUT2D eigenvalue weighted by molar-refractivity contribution is 5.86. The maximum absolute atomic E-state index is 12.4. The summed E-state index contributed by atoms with van der Waals surface area (Å²) in [4.78, 5) is 37.1. The predicted molar refractivity (Wildman–Crippen MR) is 71.3 cm³/mol. The second kappa shape index (κ2) is 5.75. The van der Waals surface area contributed by atoms with Gasteiger partial charge in [-0.05, 0) is 12.8 Å². The second-order valence-corrected chi connectivity index (χ2v) is 5.12. The summed E-state index contributed by atoms with van der Waals surface area (Å²) in [5, 5.41) is 0. The van der Waals surface area contributed by atoms with Crippen LogP contribution in [0.3, 0.4) is 0 Å². The number of methoxy groups -OCH3 is 1. The van der Waals surface area contributed by atoms with Crippen molar-refractivity contribution in [3.8, 4) is 0 Å². The zero-order valence-electron chi connectivity index (χ0n) is 12.3. The van der Waals surface area contributed by atoms with E-state index in [1.54, 1.807) is 13.0 Å².